The second-order valence-electron chi connectivity index (χ2n) is 6.56. The molecule has 0 unspecified atom stereocenters. The Morgan fingerprint density at radius 1 is 0.897 bits per heavy atom. The number of rotatable bonds is 6. The molecule has 1 aliphatic heterocycles. The molecule has 9 heteroatoms. The highest BCUT2D eigenvalue weighted by Gasteiger charge is 2.45. The Labute approximate surface area is 165 Å². The van der Waals surface area contributed by atoms with Gasteiger partial charge in [-0.25, -0.2) is 8.78 Å². The molecular formula is C20H22F2O7. The lowest BCUT2D eigenvalue weighted by Crippen LogP contribution is -2.55. The zero-order valence-corrected chi connectivity index (χ0v) is 15.5. The van der Waals surface area contributed by atoms with Gasteiger partial charge in [-0.05, 0) is 31.2 Å². The number of hydrogen-bond acceptors (Lipinski definition) is 7. The summed E-state index contributed by atoms with van der Waals surface area (Å²) in [5.41, 5.74) is -0.638. The zero-order chi connectivity index (χ0) is 21.1. The van der Waals surface area contributed by atoms with Crippen LogP contribution in [-0.2, 0) is 4.74 Å². The Morgan fingerprint density at radius 3 is 2.03 bits per heavy atom. The zero-order valence-electron chi connectivity index (χ0n) is 15.5. The van der Waals surface area contributed by atoms with Crippen LogP contribution in [0, 0.1) is 11.6 Å². The minimum atomic E-state index is -1.80. The van der Waals surface area contributed by atoms with Gasteiger partial charge in [0, 0.05) is 12.1 Å². The number of halogens is 2. The summed E-state index contributed by atoms with van der Waals surface area (Å²) in [6, 6.07) is 8.27. The molecule has 29 heavy (non-hydrogen) atoms. The Kier molecular flexibility index (Phi) is 6.66. The fraction of sp³-hybridized carbons (Fsp3) is 0.400. The lowest BCUT2D eigenvalue weighted by molar-refractivity contribution is -0.232. The Balaban J connectivity index is 1.83. The van der Waals surface area contributed by atoms with Gasteiger partial charge in [0.15, 0.2) is 0 Å². The highest BCUT2D eigenvalue weighted by atomic mass is 19.1. The molecule has 0 spiro atoms. The molecule has 0 amide bonds. The SMILES string of the molecule is CCOc1ccc(Oc2cc(F)c([C@@H]3O[C@H](CO)[C@@H](O)[C@H](O)[C@H]3O)c(F)c2)cc1. The molecule has 0 aliphatic carbocycles. The molecule has 3 rings (SSSR count). The molecule has 7 nitrogen and oxygen atoms in total. The third kappa shape index (κ3) is 4.49. The molecule has 1 aliphatic rings. The summed E-state index contributed by atoms with van der Waals surface area (Å²) >= 11 is 0. The number of hydrogen-bond donors (Lipinski definition) is 4. The summed E-state index contributed by atoms with van der Waals surface area (Å²) in [6.07, 6.45) is -8.07. The minimum absolute atomic E-state index is 0.127. The van der Waals surface area contributed by atoms with Crippen LogP contribution in [0.1, 0.15) is 18.6 Å². The van der Waals surface area contributed by atoms with E-state index in [1.54, 1.807) is 24.3 Å². The summed E-state index contributed by atoms with van der Waals surface area (Å²) in [5, 5.41) is 39.0. The molecular weight excluding hydrogens is 390 g/mol. The minimum Gasteiger partial charge on any atom is -0.494 e. The first-order chi connectivity index (χ1) is 13.8. The van der Waals surface area contributed by atoms with Gasteiger partial charge in [-0.2, -0.15) is 0 Å². The number of aliphatic hydroxyl groups excluding tert-OH is 4. The van der Waals surface area contributed by atoms with Gasteiger partial charge in [0.2, 0.25) is 0 Å². The molecule has 2 aromatic rings. The van der Waals surface area contributed by atoms with Crippen LogP contribution in [0.5, 0.6) is 17.2 Å². The summed E-state index contributed by atoms with van der Waals surface area (Å²) in [6.45, 7) is 1.63. The number of ether oxygens (including phenoxy) is 3. The highest BCUT2D eigenvalue weighted by Crippen LogP contribution is 2.37. The lowest BCUT2D eigenvalue weighted by Gasteiger charge is -2.40. The molecule has 2 aromatic carbocycles. The number of benzene rings is 2. The molecule has 158 valence electrons. The van der Waals surface area contributed by atoms with Crippen LogP contribution in [0.15, 0.2) is 36.4 Å². The first-order valence-electron chi connectivity index (χ1n) is 9.05. The Bertz CT molecular complexity index is 805. The van der Waals surface area contributed by atoms with Gasteiger partial charge in [0.05, 0.1) is 18.8 Å². The first kappa shape index (κ1) is 21.4. The molecule has 0 bridgehead atoms. The Hall–Kier alpha value is -2.30. The molecule has 1 saturated heterocycles. The van der Waals surface area contributed by atoms with Crippen molar-refractivity contribution < 1.29 is 43.4 Å². The molecule has 1 heterocycles. The summed E-state index contributed by atoms with van der Waals surface area (Å²) in [5.74, 6) is -1.33. The molecule has 0 aromatic heterocycles. The van der Waals surface area contributed by atoms with E-state index in [0.29, 0.717) is 18.1 Å². The third-order valence-electron chi connectivity index (χ3n) is 4.60. The standard InChI is InChI=1S/C20H22F2O7/c1-2-27-10-3-5-11(6-4-10)28-12-7-13(21)16(14(22)8-12)20-19(26)18(25)17(24)15(9-23)29-20/h3-8,15,17-20,23-26H,2,9H2,1H3/t15-,17-,18+,19-,20+/m1/s1. The van der Waals surface area contributed by atoms with Crippen LogP contribution in [0.4, 0.5) is 8.78 Å². The smallest absolute Gasteiger partial charge is 0.135 e. The maximum atomic E-state index is 14.7. The van der Waals surface area contributed by atoms with E-state index in [1.165, 1.54) is 0 Å². The van der Waals surface area contributed by atoms with Crippen molar-refractivity contribution in [2.24, 2.45) is 0 Å². The van der Waals surface area contributed by atoms with E-state index in [1.807, 2.05) is 6.92 Å². The quantitative estimate of drug-likeness (QED) is 0.572. The van der Waals surface area contributed by atoms with E-state index < -0.39 is 54.3 Å². The van der Waals surface area contributed by atoms with E-state index in [0.717, 1.165) is 12.1 Å². The van der Waals surface area contributed by atoms with Crippen molar-refractivity contribution in [3.63, 3.8) is 0 Å². The van der Waals surface area contributed by atoms with Crippen LogP contribution < -0.4 is 9.47 Å². The van der Waals surface area contributed by atoms with Gasteiger partial charge in [-0.15, -0.1) is 0 Å². The van der Waals surface area contributed by atoms with Gasteiger partial charge in [0.1, 0.15) is 59.4 Å². The van der Waals surface area contributed by atoms with Crippen molar-refractivity contribution in [1.29, 1.82) is 0 Å². The molecule has 1 fully saturated rings. The second-order valence-corrected chi connectivity index (χ2v) is 6.56. The van der Waals surface area contributed by atoms with E-state index >= 15 is 0 Å². The summed E-state index contributed by atoms with van der Waals surface area (Å²) < 4.78 is 45.3. The first-order valence-corrected chi connectivity index (χ1v) is 9.05. The highest BCUT2D eigenvalue weighted by molar-refractivity contribution is 5.38. The van der Waals surface area contributed by atoms with Gasteiger partial charge >= 0.3 is 0 Å². The van der Waals surface area contributed by atoms with Crippen LogP contribution >= 0.6 is 0 Å². The maximum Gasteiger partial charge on any atom is 0.135 e. The average molecular weight is 412 g/mol. The van der Waals surface area contributed by atoms with Crippen molar-refractivity contribution in [2.45, 2.75) is 37.4 Å². The average Bonchev–Trinajstić information content (AvgIpc) is 2.69. The van der Waals surface area contributed by atoms with Crippen LogP contribution in [0.3, 0.4) is 0 Å². The molecule has 5 atom stereocenters. The fourth-order valence-electron chi connectivity index (χ4n) is 3.14. The largest absolute Gasteiger partial charge is 0.494 e. The van der Waals surface area contributed by atoms with Crippen molar-refractivity contribution in [2.75, 3.05) is 13.2 Å². The van der Waals surface area contributed by atoms with Crippen LogP contribution in [0.2, 0.25) is 0 Å². The van der Waals surface area contributed by atoms with E-state index in [-0.39, 0.29) is 5.75 Å². The van der Waals surface area contributed by atoms with Crippen molar-refractivity contribution in [3.8, 4) is 17.2 Å². The topological polar surface area (TPSA) is 109 Å². The predicted molar refractivity (Wildman–Crippen MR) is 96.8 cm³/mol. The Morgan fingerprint density at radius 2 is 1.48 bits per heavy atom. The molecule has 4 N–H and O–H groups in total. The maximum absolute atomic E-state index is 14.7. The summed E-state index contributed by atoms with van der Waals surface area (Å²) in [4.78, 5) is 0. The van der Waals surface area contributed by atoms with Crippen LogP contribution in [0.25, 0.3) is 0 Å². The normalized spacial score (nSPS) is 26.9. The van der Waals surface area contributed by atoms with Gasteiger partial charge in [-0.3, -0.25) is 0 Å². The monoisotopic (exact) mass is 412 g/mol. The van der Waals surface area contributed by atoms with Crippen molar-refractivity contribution in [3.05, 3.63) is 53.6 Å². The van der Waals surface area contributed by atoms with E-state index in [9.17, 15) is 29.2 Å². The van der Waals surface area contributed by atoms with Gasteiger partial charge in [0.25, 0.3) is 0 Å². The lowest BCUT2D eigenvalue weighted by atomic mass is 9.90. The van der Waals surface area contributed by atoms with E-state index in [4.69, 9.17) is 14.2 Å². The summed E-state index contributed by atoms with van der Waals surface area (Å²) in [7, 11) is 0. The van der Waals surface area contributed by atoms with Crippen LogP contribution in [-0.4, -0.2) is 58.1 Å². The third-order valence-corrected chi connectivity index (χ3v) is 4.60. The van der Waals surface area contributed by atoms with Crippen molar-refractivity contribution >= 4 is 0 Å². The van der Waals surface area contributed by atoms with Gasteiger partial charge in [-0.1, -0.05) is 0 Å². The van der Waals surface area contributed by atoms with E-state index in [2.05, 4.69) is 0 Å². The molecule has 0 radical (unpaired) electrons. The van der Waals surface area contributed by atoms with Gasteiger partial charge < -0.3 is 34.6 Å². The number of aliphatic hydroxyl groups is 4. The molecule has 0 saturated carbocycles. The second kappa shape index (κ2) is 9.02. The fourth-order valence-corrected chi connectivity index (χ4v) is 3.14. The van der Waals surface area contributed by atoms with Crippen molar-refractivity contribution in [1.82, 2.24) is 0 Å². The predicted octanol–water partition coefficient (Wildman–Crippen LogP) is 1.67.